The normalized spacial score (nSPS) is 12.5. The molecule has 1 aromatic rings. The van der Waals surface area contributed by atoms with Crippen molar-refractivity contribution in [1.29, 1.82) is 0 Å². The molecule has 1 rings (SSSR count). The Morgan fingerprint density at radius 2 is 2.46 bits per heavy atom. The van der Waals surface area contributed by atoms with E-state index < -0.39 is 0 Å². The van der Waals surface area contributed by atoms with E-state index in [1.807, 2.05) is 6.92 Å². The quantitative estimate of drug-likeness (QED) is 0.772. The largest absolute Gasteiger partial charge is 0.394 e. The van der Waals surface area contributed by atoms with Crippen LogP contribution in [-0.2, 0) is 0 Å². The summed E-state index contributed by atoms with van der Waals surface area (Å²) in [5.41, 5.74) is 0. The molecule has 2 N–H and O–H groups in total. The highest BCUT2D eigenvalue weighted by Crippen LogP contribution is 2.17. The fraction of sp³-hybridized carbons (Fsp3) is 0.500. The molecule has 1 atom stereocenters. The minimum atomic E-state index is -0.00704. The second kappa shape index (κ2) is 4.99. The van der Waals surface area contributed by atoms with E-state index in [-0.39, 0.29) is 12.6 Å². The van der Waals surface area contributed by atoms with Crippen molar-refractivity contribution < 1.29 is 5.11 Å². The van der Waals surface area contributed by atoms with Gasteiger partial charge in [-0.2, -0.15) is 0 Å². The average Bonchev–Trinajstić information content (AvgIpc) is 2.17. The van der Waals surface area contributed by atoms with Crippen LogP contribution in [-0.4, -0.2) is 27.7 Å². The van der Waals surface area contributed by atoms with Gasteiger partial charge in [-0.05, 0) is 6.42 Å². The minimum absolute atomic E-state index is 0.00704. The first-order valence-electron chi connectivity index (χ1n) is 4.10. The Hall–Kier alpha value is -0.870. The monoisotopic (exact) mass is 201 g/mol. The molecule has 0 unspecified atom stereocenters. The summed E-state index contributed by atoms with van der Waals surface area (Å²) in [4.78, 5) is 7.71. The molecule has 0 saturated carbocycles. The van der Waals surface area contributed by atoms with Crippen LogP contribution in [0, 0.1) is 0 Å². The Balaban J connectivity index is 2.67. The molecule has 0 fully saturated rings. The molecule has 0 aliphatic carbocycles. The molecule has 0 aliphatic rings. The van der Waals surface area contributed by atoms with Gasteiger partial charge in [0.25, 0.3) is 0 Å². The highest BCUT2D eigenvalue weighted by molar-refractivity contribution is 6.32. The summed E-state index contributed by atoms with van der Waals surface area (Å²) in [6.45, 7) is 2.04. The fourth-order valence-electron chi connectivity index (χ4n) is 0.889. The second-order valence-corrected chi connectivity index (χ2v) is 3.06. The predicted molar refractivity (Wildman–Crippen MR) is 51.8 cm³/mol. The molecule has 0 saturated heterocycles. The molecule has 5 heteroatoms. The van der Waals surface area contributed by atoms with Crippen LogP contribution in [0.15, 0.2) is 12.5 Å². The van der Waals surface area contributed by atoms with E-state index in [1.54, 1.807) is 0 Å². The summed E-state index contributed by atoms with van der Waals surface area (Å²) >= 11 is 5.81. The van der Waals surface area contributed by atoms with Gasteiger partial charge < -0.3 is 10.4 Å². The zero-order chi connectivity index (χ0) is 9.68. The van der Waals surface area contributed by atoms with Gasteiger partial charge in [0.1, 0.15) is 17.2 Å². The summed E-state index contributed by atoms with van der Waals surface area (Å²) in [5, 5.41) is 12.4. The second-order valence-electron chi connectivity index (χ2n) is 2.65. The standard InChI is InChI=1S/C8H12ClN3O/c1-2-6(4-13)12-8-7(9)3-10-5-11-8/h3,5-6,13H,2,4H2,1H3,(H,10,11,12)/t6-/m0/s1. The number of nitrogens with one attached hydrogen (secondary N) is 1. The van der Waals surface area contributed by atoms with Gasteiger partial charge in [0.15, 0.2) is 0 Å². The third-order valence-corrected chi connectivity index (χ3v) is 2.00. The molecule has 0 bridgehead atoms. The van der Waals surface area contributed by atoms with Gasteiger partial charge >= 0.3 is 0 Å². The highest BCUT2D eigenvalue weighted by Gasteiger charge is 2.07. The van der Waals surface area contributed by atoms with E-state index in [1.165, 1.54) is 12.5 Å². The molecule has 72 valence electrons. The highest BCUT2D eigenvalue weighted by atomic mass is 35.5. The van der Waals surface area contributed by atoms with Crippen molar-refractivity contribution in [3.63, 3.8) is 0 Å². The third-order valence-electron chi connectivity index (χ3n) is 1.72. The molecule has 0 amide bonds. The van der Waals surface area contributed by atoms with Gasteiger partial charge in [0.05, 0.1) is 18.8 Å². The molecule has 4 nitrogen and oxygen atoms in total. The zero-order valence-corrected chi connectivity index (χ0v) is 8.12. The van der Waals surface area contributed by atoms with Crippen LogP contribution in [0.1, 0.15) is 13.3 Å². The Morgan fingerprint density at radius 3 is 3.00 bits per heavy atom. The van der Waals surface area contributed by atoms with Crippen molar-refractivity contribution in [3.8, 4) is 0 Å². The number of aromatic nitrogens is 2. The first-order valence-corrected chi connectivity index (χ1v) is 4.48. The summed E-state index contributed by atoms with van der Waals surface area (Å²) in [6.07, 6.45) is 3.75. The lowest BCUT2D eigenvalue weighted by atomic mass is 10.2. The van der Waals surface area contributed by atoms with Crippen LogP contribution in [0.4, 0.5) is 5.82 Å². The fourth-order valence-corrected chi connectivity index (χ4v) is 1.05. The number of rotatable bonds is 4. The van der Waals surface area contributed by atoms with Crippen molar-refractivity contribution in [2.75, 3.05) is 11.9 Å². The van der Waals surface area contributed by atoms with E-state index in [4.69, 9.17) is 16.7 Å². The number of hydrogen-bond acceptors (Lipinski definition) is 4. The lowest BCUT2D eigenvalue weighted by Crippen LogP contribution is -2.23. The molecule has 0 aliphatic heterocycles. The van der Waals surface area contributed by atoms with Crippen LogP contribution in [0.2, 0.25) is 5.02 Å². The molecule has 0 aromatic carbocycles. The van der Waals surface area contributed by atoms with E-state index in [2.05, 4.69) is 15.3 Å². The number of halogens is 1. The molecular formula is C8H12ClN3O. The number of aliphatic hydroxyl groups excluding tert-OH is 1. The Bertz CT molecular complexity index is 265. The Labute approximate surface area is 82.0 Å². The van der Waals surface area contributed by atoms with Crippen LogP contribution < -0.4 is 5.32 Å². The summed E-state index contributed by atoms with van der Waals surface area (Å²) in [6, 6.07) is -0.00704. The smallest absolute Gasteiger partial charge is 0.148 e. The van der Waals surface area contributed by atoms with Gasteiger partial charge in [-0.1, -0.05) is 18.5 Å². The van der Waals surface area contributed by atoms with Crippen molar-refractivity contribution in [2.45, 2.75) is 19.4 Å². The zero-order valence-electron chi connectivity index (χ0n) is 7.37. The minimum Gasteiger partial charge on any atom is -0.394 e. The maximum absolute atomic E-state index is 8.93. The van der Waals surface area contributed by atoms with E-state index in [0.29, 0.717) is 10.8 Å². The topological polar surface area (TPSA) is 58.0 Å². The van der Waals surface area contributed by atoms with Gasteiger partial charge in [-0.15, -0.1) is 0 Å². The Kier molecular flexibility index (Phi) is 3.92. The molecule has 1 heterocycles. The van der Waals surface area contributed by atoms with Crippen LogP contribution in [0.3, 0.4) is 0 Å². The van der Waals surface area contributed by atoms with Crippen LogP contribution in [0.25, 0.3) is 0 Å². The molecule has 13 heavy (non-hydrogen) atoms. The van der Waals surface area contributed by atoms with Crippen LogP contribution >= 0.6 is 11.6 Å². The summed E-state index contributed by atoms with van der Waals surface area (Å²) in [7, 11) is 0. The number of anilines is 1. The Morgan fingerprint density at radius 1 is 1.69 bits per heavy atom. The number of aliphatic hydroxyl groups is 1. The lowest BCUT2D eigenvalue weighted by molar-refractivity contribution is 0.271. The SMILES string of the molecule is CC[C@@H](CO)Nc1ncncc1Cl. The summed E-state index contributed by atoms with van der Waals surface area (Å²) < 4.78 is 0. The van der Waals surface area contributed by atoms with Crippen molar-refractivity contribution in [2.24, 2.45) is 0 Å². The van der Waals surface area contributed by atoms with Crippen molar-refractivity contribution in [3.05, 3.63) is 17.5 Å². The maximum Gasteiger partial charge on any atom is 0.148 e. The third kappa shape index (κ3) is 2.82. The van der Waals surface area contributed by atoms with E-state index in [0.717, 1.165) is 6.42 Å². The molecular weight excluding hydrogens is 190 g/mol. The lowest BCUT2D eigenvalue weighted by Gasteiger charge is -2.14. The van der Waals surface area contributed by atoms with Crippen molar-refractivity contribution >= 4 is 17.4 Å². The predicted octanol–water partition coefficient (Wildman–Crippen LogP) is 1.31. The van der Waals surface area contributed by atoms with Gasteiger partial charge in [0, 0.05) is 0 Å². The van der Waals surface area contributed by atoms with Gasteiger partial charge in [0.2, 0.25) is 0 Å². The van der Waals surface area contributed by atoms with Gasteiger partial charge in [-0.3, -0.25) is 0 Å². The van der Waals surface area contributed by atoms with Gasteiger partial charge in [-0.25, -0.2) is 9.97 Å². The summed E-state index contributed by atoms with van der Waals surface area (Å²) in [5.74, 6) is 0.567. The average molecular weight is 202 g/mol. The molecule has 1 aromatic heterocycles. The molecule has 0 radical (unpaired) electrons. The van der Waals surface area contributed by atoms with Crippen LogP contribution in [0.5, 0.6) is 0 Å². The molecule has 0 spiro atoms. The first kappa shape index (κ1) is 10.2. The number of hydrogen-bond donors (Lipinski definition) is 2. The number of nitrogens with zero attached hydrogens (tertiary/aromatic N) is 2. The van der Waals surface area contributed by atoms with Crippen molar-refractivity contribution in [1.82, 2.24) is 9.97 Å². The van der Waals surface area contributed by atoms with E-state index >= 15 is 0 Å². The maximum atomic E-state index is 8.93. The van der Waals surface area contributed by atoms with E-state index in [9.17, 15) is 0 Å². The first-order chi connectivity index (χ1) is 6.27.